The first kappa shape index (κ1) is 13.5. The summed E-state index contributed by atoms with van der Waals surface area (Å²) >= 11 is 6.01. The zero-order chi connectivity index (χ0) is 14.8. The highest BCUT2D eigenvalue weighted by atomic mass is 35.5. The Hall–Kier alpha value is -2.46. The molecule has 2 heterocycles. The van der Waals surface area contributed by atoms with Crippen LogP contribution in [0.25, 0.3) is 10.9 Å². The van der Waals surface area contributed by atoms with Crippen LogP contribution in [0.3, 0.4) is 0 Å². The van der Waals surface area contributed by atoms with Crippen LogP contribution in [-0.2, 0) is 0 Å². The average molecular weight is 299 g/mol. The number of hydrogen-bond donors (Lipinski definition) is 0. The third-order valence-corrected chi connectivity index (χ3v) is 3.32. The molecule has 0 bridgehead atoms. The number of benzene rings is 1. The SMILES string of the molecule is COc1ccc2nc(Cl)cc(C(=O)c3ccccn3)c2c1. The third kappa shape index (κ3) is 2.58. The first-order chi connectivity index (χ1) is 10.2. The number of nitrogens with zero attached hydrogens (tertiary/aromatic N) is 2. The molecule has 2 aromatic heterocycles. The van der Waals surface area contributed by atoms with Gasteiger partial charge in [0.1, 0.15) is 16.6 Å². The number of rotatable bonds is 3. The Morgan fingerprint density at radius 3 is 2.76 bits per heavy atom. The lowest BCUT2D eigenvalue weighted by atomic mass is 10.0. The molecule has 21 heavy (non-hydrogen) atoms. The van der Waals surface area contributed by atoms with Crippen molar-refractivity contribution in [3.05, 3.63) is 65.1 Å². The van der Waals surface area contributed by atoms with E-state index in [1.54, 1.807) is 55.8 Å². The van der Waals surface area contributed by atoms with Crippen molar-refractivity contribution in [1.82, 2.24) is 9.97 Å². The Labute approximate surface area is 126 Å². The van der Waals surface area contributed by atoms with E-state index in [9.17, 15) is 4.79 Å². The van der Waals surface area contributed by atoms with E-state index in [1.807, 2.05) is 0 Å². The maximum atomic E-state index is 12.6. The van der Waals surface area contributed by atoms with Gasteiger partial charge in [-0.3, -0.25) is 9.78 Å². The van der Waals surface area contributed by atoms with Crippen LogP contribution in [0.1, 0.15) is 16.1 Å². The second-order valence-electron chi connectivity index (χ2n) is 4.42. The summed E-state index contributed by atoms with van der Waals surface area (Å²) in [5.41, 5.74) is 1.47. The summed E-state index contributed by atoms with van der Waals surface area (Å²) in [4.78, 5) is 20.9. The number of pyridine rings is 2. The Balaban J connectivity index is 2.23. The summed E-state index contributed by atoms with van der Waals surface area (Å²) in [5, 5.41) is 0.960. The van der Waals surface area contributed by atoms with Gasteiger partial charge in [0, 0.05) is 17.1 Å². The van der Waals surface area contributed by atoms with Gasteiger partial charge in [0.05, 0.1) is 12.6 Å². The number of hydrogen-bond acceptors (Lipinski definition) is 4. The molecule has 0 aliphatic rings. The van der Waals surface area contributed by atoms with Crippen LogP contribution < -0.4 is 4.74 Å². The minimum atomic E-state index is -0.196. The van der Waals surface area contributed by atoms with Crippen LogP contribution >= 0.6 is 11.6 Å². The molecule has 0 fully saturated rings. The van der Waals surface area contributed by atoms with Crippen LogP contribution in [0.4, 0.5) is 0 Å². The second-order valence-corrected chi connectivity index (χ2v) is 4.81. The molecule has 0 saturated heterocycles. The number of aromatic nitrogens is 2. The number of fused-ring (bicyclic) bond motifs is 1. The molecule has 3 rings (SSSR count). The van der Waals surface area contributed by atoms with Crippen molar-refractivity contribution in [3.63, 3.8) is 0 Å². The molecule has 0 atom stereocenters. The first-order valence-corrected chi connectivity index (χ1v) is 6.67. The number of halogens is 1. The van der Waals surface area contributed by atoms with Gasteiger partial charge in [-0.25, -0.2) is 4.98 Å². The molecule has 0 aliphatic heterocycles. The molecule has 0 unspecified atom stereocenters. The highest BCUT2D eigenvalue weighted by Crippen LogP contribution is 2.26. The van der Waals surface area contributed by atoms with Gasteiger partial charge in [-0.05, 0) is 36.4 Å². The molecular formula is C16H11ClN2O2. The van der Waals surface area contributed by atoms with E-state index in [0.29, 0.717) is 27.9 Å². The minimum absolute atomic E-state index is 0.196. The van der Waals surface area contributed by atoms with Gasteiger partial charge in [-0.2, -0.15) is 0 Å². The van der Waals surface area contributed by atoms with Crippen molar-refractivity contribution in [2.75, 3.05) is 7.11 Å². The van der Waals surface area contributed by atoms with E-state index < -0.39 is 0 Å². The summed E-state index contributed by atoms with van der Waals surface area (Å²) in [6, 6.07) is 12.1. The fraction of sp³-hybridized carbons (Fsp3) is 0.0625. The van der Waals surface area contributed by atoms with E-state index in [1.165, 1.54) is 0 Å². The van der Waals surface area contributed by atoms with E-state index >= 15 is 0 Å². The van der Waals surface area contributed by atoms with Gasteiger partial charge >= 0.3 is 0 Å². The van der Waals surface area contributed by atoms with Crippen molar-refractivity contribution >= 4 is 28.3 Å². The largest absolute Gasteiger partial charge is 0.497 e. The summed E-state index contributed by atoms with van der Waals surface area (Å²) < 4.78 is 5.21. The van der Waals surface area contributed by atoms with Gasteiger partial charge in [0.15, 0.2) is 0 Å². The maximum absolute atomic E-state index is 12.6. The lowest BCUT2D eigenvalue weighted by Crippen LogP contribution is -2.05. The quantitative estimate of drug-likeness (QED) is 0.548. The number of methoxy groups -OCH3 is 1. The molecule has 1 aromatic carbocycles. The maximum Gasteiger partial charge on any atom is 0.212 e. The van der Waals surface area contributed by atoms with E-state index in [2.05, 4.69) is 9.97 Å². The van der Waals surface area contributed by atoms with Gasteiger partial charge in [0.2, 0.25) is 5.78 Å². The Bertz CT molecular complexity index is 819. The Morgan fingerprint density at radius 2 is 2.05 bits per heavy atom. The molecule has 3 aromatic rings. The summed E-state index contributed by atoms with van der Waals surface area (Å²) in [6.45, 7) is 0. The van der Waals surface area contributed by atoms with Crippen LogP contribution in [0, 0.1) is 0 Å². The van der Waals surface area contributed by atoms with Gasteiger partial charge in [0.25, 0.3) is 0 Å². The van der Waals surface area contributed by atoms with Crippen molar-refractivity contribution in [2.45, 2.75) is 0 Å². The van der Waals surface area contributed by atoms with Gasteiger partial charge in [-0.15, -0.1) is 0 Å². The fourth-order valence-electron chi connectivity index (χ4n) is 2.12. The molecule has 0 amide bonds. The predicted molar refractivity (Wildman–Crippen MR) is 81.0 cm³/mol. The zero-order valence-electron chi connectivity index (χ0n) is 11.2. The third-order valence-electron chi connectivity index (χ3n) is 3.13. The van der Waals surface area contributed by atoms with Crippen molar-refractivity contribution < 1.29 is 9.53 Å². The molecule has 0 N–H and O–H groups in total. The molecule has 0 spiro atoms. The monoisotopic (exact) mass is 298 g/mol. The van der Waals surface area contributed by atoms with Crippen LogP contribution in [0.15, 0.2) is 48.7 Å². The van der Waals surface area contributed by atoms with Crippen LogP contribution in [0.5, 0.6) is 5.75 Å². The number of carbonyl (C=O) groups is 1. The van der Waals surface area contributed by atoms with Crippen LogP contribution in [0.2, 0.25) is 5.15 Å². The van der Waals surface area contributed by atoms with Crippen molar-refractivity contribution in [1.29, 1.82) is 0 Å². The van der Waals surface area contributed by atoms with Gasteiger partial charge < -0.3 is 4.74 Å². The molecule has 0 radical (unpaired) electrons. The van der Waals surface area contributed by atoms with E-state index in [-0.39, 0.29) is 10.9 Å². The second kappa shape index (κ2) is 5.50. The van der Waals surface area contributed by atoms with Crippen LogP contribution in [-0.4, -0.2) is 22.9 Å². The molecule has 4 nitrogen and oxygen atoms in total. The van der Waals surface area contributed by atoms with Crippen molar-refractivity contribution in [2.24, 2.45) is 0 Å². The average Bonchev–Trinajstić information content (AvgIpc) is 2.53. The standard InChI is InChI=1S/C16H11ClN2O2/c1-21-10-5-6-13-11(8-10)12(9-15(17)19-13)16(20)14-4-2-3-7-18-14/h2-9H,1H3. The zero-order valence-corrected chi connectivity index (χ0v) is 12.0. The summed E-state index contributed by atoms with van der Waals surface area (Å²) in [6.07, 6.45) is 1.58. The summed E-state index contributed by atoms with van der Waals surface area (Å²) in [7, 11) is 1.57. The Morgan fingerprint density at radius 1 is 1.19 bits per heavy atom. The number of carbonyl (C=O) groups excluding carboxylic acids is 1. The highest BCUT2D eigenvalue weighted by Gasteiger charge is 2.16. The molecular weight excluding hydrogens is 288 g/mol. The van der Waals surface area contributed by atoms with E-state index in [4.69, 9.17) is 16.3 Å². The molecule has 0 saturated carbocycles. The molecule has 104 valence electrons. The number of ketones is 1. The predicted octanol–water partition coefficient (Wildman–Crippen LogP) is 3.52. The lowest BCUT2D eigenvalue weighted by molar-refractivity contribution is 0.103. The Kier molecular flexibility index (Phi) is 3.54. The molecule has 5 heteroatoms. The first-order valence-electron chi connectivity index (χ1n) is 6.29. The normalized spacial score (nSPS) is 10.6. The van der Waals surface area contributed by atoms with E-state index in [0.717, 1.165) is 0 Å². The van der Waals surface area contributed by atoms with Crippen molar-refractivity contribution in [3.8, 4) is 5.75 Å². The highest BCUT2D eigenvalue weighted by molar-refractivity contribution is 6.31. The molecule has 0 aliphatic carbocycles. The summed E-state index contributed by atoms with van der Waals surface area (Å²) in [5.74, 6) is 0.458. The lowest BCUT2D eigenvalue weighted by Gasteiger charge is -2.08. The minimum Gasteiger partial charge on any atom is -0.497 e. The fourth-order valence-corrected chi connectivity index (χ4v) is 2.32. The van der Waals surface area contributed by atoms with Gasteiger partial charge in [-0.1, -0.05) is 17.7 Å². The number of ether oxygens (including phenoxy) is 1. The topological polar surface area (TPSA) is 52.1 Å². The smallest absolute Gasteiger partial charge is 0.212 e.